The van der Waals surface area contributed by atoms with Crippen molar-refractivity contribution >= 4 is 23.8 Å². The number of carboxylic acid groups (broad SMARTS) is 1. The maximum atomic E-state index is 13.6. The Balaban J connectivity index is 1.44. The highest BCUT2D eigenvalue weighted by Crippen LogP contribution is 2.33. The van der Waals surface area contributed by atoms with Crippen molar-refractivity contribution in [3.8, 4) is 5.75 Å². The smallest absolute Gasteiger partial charge is 0.408 e. The average Bonchev–Trinajstić information content (AvgIpc) is 3.75. The van der Waals surface area contributed by atoms with Crippen LogP contribution >= 0.6 is 0 Å². The molecule has 2 aliphatic rings. The third-order valence-corrected chi connectivity index (χ3v) is 7.39. The Labute approximate surface area is 237 Å². The number of nitrogens with two attached hydrogens (primary N) is 1. The lowest BCUT2D eigenvalue weighted by Gasteiger charge is -2.42. The van der Waals surface area contributed by atoms with Gasteiger partial charge in [0, 0.05) is 56.3 Å². The molecule has 4 N–H and O–H groups in total. The van der Waals surface area contributed by atoms with Crippen LogP contribution in [0.2, 0.25) is 0 Å². The molecule has 0 bridgehead atoms. The van der Waals surface area contributed by atoms with Crippen LogP contribution in [-0.2, 0) is 4.79 Å². The third-order valence-electron chi connectivity index (χ3n) is 7.39. The van der Waals surface area contributed by atoms with Crippen LogP contribution in [0.25, 0.3) is 0 Å². The molecule has 0 aromatic heterocycles. The molecule has 1 aliphatic carbocycles. The first-order valence-corrected chi connectivity index (χ1v) is 14.3. The second-order valence-electron chi connectivity index (χ2n) is 11.7. The van der Waals surface area contributed by atoms with Gasteiger partial charge in [0.05, 0.1) is 6.61 Å². The van der Waals surface area contributed by atoms with E-state index in [4.69, 9.17) is 10.5 Å². The second kappa shape index (κ2) is 14.3. The van der Waals surface area contributed by atoms with Gasteiger partial charge in [0.2, 0.25) is 5.91 Å². The van der Waals surface area contributed by atoms with Gasteiger partial charge in [-0.25, -0.2) is 9.59 Å². The fraction of sp³-hybridized carbons (Fsp3) is 0.655. The van der Waals surface area contributed by atoms with Crippen LogP contribution in [0.3, 0.4) is 0 Å². The minimum Gasteiger partial charge on any atom is -0.494 e. The number of amides is 4. The second-order valence-corrected chi connectivity index (χ2v) is 11.7. The molecule has 0 spiro atoms. The maximum Gasteiger partial charge on any atom is 0.408 e. The van der Waals surface area contributed by atoms with Crippen LogP contribution in [0.5, 0.6) is 5.75 Å². The molecule has 11 nitrogen and oxygen atoms in total. The standard InChI is InChI=1S/C29H45N5O6/c1-29(2,3)34(28(38)39)24(7-4-5-14-31-27(30)37)26(36)33-18-16-32(17-19-33)15-6-20-40-23-12-10-22(11-13-23)25(35)21-8-9-21/h10-13,21,24H,4-9,14-20H2,1-3H3,(H,38,39)(H3,30,31,37). The van der Waals surface area contributed by atoms with Crippen LogP contribution in [0.4, 0.5) is 9.59 Å². The molecule has 11 heteroatoms. The summed E-state index contributed by atoms with van der Waals surface area (Å²) in [6, 6.07) is 5.97. The van der Waals surface area contributed by atoms with Crippen molar-refractivity contribution in [2.75, 3.05) is 45.9 Å². The molecule has 4 amide bonds. The van der Waals surface area contributed by atoms with Crippen molar-refractivity contribution in [2.45, 2.75) is 70.9 Å². The monoisotopic (exact) mass is 559 g/mol. The Kier molecular flexibility index (Phi) is 11.2. The minimum absolute atomic E-state index is 0.174. The number of ether oxygens (including phenoxy) is 1. The zero-order valence-corrected chi connectivity index (χ0v) is 24.1. The summed E-state index contributed by atoms with van der Waals surface area (Å²) in [7, 11) is 0. The number of primary amides is 1. The molecule has 40 heavy (non-hydrogen) atoms. The number of ketones is 1. The number of urea groups is 1. The van der Waals surface area contributed by atoms with Crippen LogP contribution in [0.15, 0.2) is 24.3 Å². The van der Waals surface area contributed by atoms with Gasteiger partial charge in [-0.1, -0.05) is 0 Å². The van der Waals surface area contributed by atoms with Gasteiger partial charge < -0.3 is 25.8 Å². The Hall–Kier alpha value is -3.34. The van der Waals surface area contributed by atoms with Gasteiger partial charge in [-0.3, -0.25) is 19.4 Å². The van der Waals surface area contributed by atoms with Crippen LogP contribution in [0, 0.1) is 5.92 Å². The molecule has 1 aliphatic heterocycles. The molecule has 1 saturated heterocycles. The maximum absolute atomic E-state index is 13.6. The normalized spacial score (nSPS) is 16.7. The van der Waals surface area contributed by atoms with E-state index < -0.39 is 23.7 Å². The number of hydrogen-bond donors (Lipinski definition) is 3. The molecule has 1 saturated carbocycles. The number of nitrogens with zero attached hydrogens (tertiary/aromatic N) is 3. The van der Waals surface area contributed by atoms with E-state index in [-0.39, 0.29) is 17.6 Å². The van der Waals surface area contributed by atoms with E-state index in [9.17, 15) is 24.3 Å². The Morgan fingerprint density at radius 1 is 1.05 bits per heavy atom. The molecule has 1 unspecified atom stereocenters. The number of rotatable bonds is 14. The molecule has 0 radical (unpaired) electrons. The van der Waals surface area contributed by atoms with Crippen molar-refractivity contribution in [1.82, 2.24) is 20.0 Å². The topological polar surface area (TPSA) is 146 Å². The van der Waals surface area contributed by atoms with Crippen LogP contribution in [-0.4, -0.2) is 101 Å². The molecule has 1 atom stereocenters. The highest BCUT2D eigenvalue weighted by molar-refractivity contribution is 5.99. The Morgan fingerprint density at radius 3 is 2.25 bits per heavy atom. The van der Waals surface area contributed by atoms with E-state index in [1.807, 2.05) is 24.3 Å². The summed E-state index contributed by atoms with van der Waals surface area (Å²) in [5.41, 5.74) is 5.11. The first kappa shape index (κ1) is 31.2. The minimum atomic E-state index is -1.12. The predicted molar refractivity (Wildman–Crippen MR) is 151 cm³/mol. The summed E-state index contributed by atoms with van der Waals surface area (Å²) >= 11 is 0. The average molecular weight is 560 g/mol. The fourth-order valence-electron chi connectivity index (χ4n) is 5.10. The molecule has 1 aromatic rings. The number of carbonyl (C=O) groups excluding carboxylic acids is 3. The van der Waals surface area contributed by atoms with Gasteiger partial charge in [-0.05, 0) is 83.6 Å². The highest BCUT2D eigenvalue weighted by atomic mass is 16.5. The molecular weight excluding hydrogens is 514 g/mol. The molecule has 1 heterocycles. The SMILES string of the molecule is CC(C)(C)N(C(=O)O)C(CCCCNC(N)=O)C(=O)N1CCN(CCCOc2ccc(C(=O)C3CC3)cc2)CC1. The van der Waals surface area contributed by atoms with E-state index in [1.54, 1.807) is 25.7 Å². The lowest BCUT2D eigenvalue weighted by molar-refractivity contribution is -0.140. The predicted octanol–water partition coefficient (Wildman–Crippen LogP) is 3.18. The van der Waals surface area contributed by atoms with Gasteiger partial charge >= 0.3 is 12.1 Å². The van der Waals surface area contributed by atoms with Gasteiger partial charge in [0.25, 0.3) is 0 Å². The van der Waals surface area contributed by atoms with Crippen molar-refractivity contribution in [3.05, 3.63) is 29.8 Å². The summed E-state index contributed by atoms with van der Waals surface area (Å²) in [5, 5.41) is 12.5. The van der Waals surface area contributed by atoms with Gasteiger partial charge in [0.1, 0.15) is 11.8 Å². The van der Waals surface area contributed by atoms with Crippen LogP contribution < -0.4 is 15.8 Å². The quantitative estimate of drug-likeness (QED) is 0.234. The van der Waals surface area contributed by atoms with Crippen molar-refractivity contribution in [3.63, 3.8) is 0 Å². The number of unbranched alkanes of at least 4 members (excludes halogenated alkanes) is 1. The number of piperazine rings is 1. The van der Waals surface area contributed by atoms with E-state index in [1.165, 1.54) is 4.90 Å². The molecular formula is C29H45N5O6. The van der Waals surface area contributed by atoms with Crippen molar-refractivity contribution < 1.29 is 29.0 Å². The summed E-state index contributed by atoms with van der Waals surface area (Å²) in [4.78, 5) is 54.1. The van der Waals surface area contributed by atoms with E-state index in [2.05, 4.69) is 10.2 Å². The van der Waals surface area contributed by atoms with E-state index in [0.717, 1.165) is 37.1 Å². The summed E-state index contributed by atoms with van der Waals surface area (Å²) in [5.74, 6) is 1.01. The largest absolute Gasteiger partial charge is 0.494 e. The lowest BCUT2D eigenvalue weighted by atomic mass is 9.98. The summed E-state index contributed by atoms with van der Waals surface area (Å²) in [6.07, 6.45) is 3.25. The Morgan fingerprint density at radius 2 is 1.70 bits per heavy atom. The van der Waals surface area contributed by atoms with Gasteiger partial charge in [0.15, 0.2) is 5.78 Å². The van der Waals surface area contributed by atoms with Crippen molar-refractivity contribution in [2.24, 2.45) is 11.7 Å². The molecule has 2 fully saturated rings. The van der Waals surface area contributed by atoms with E-state index >= 15 is 0 Å². The number of benzene rings is 1. The van der Waals surface area contributed by atoms with E-state index in [0.29, 0.717) is 58.6 Å². The van der Waals surface area contributed by atoms with Crippen LogP contribution in [0.1, 0.15) is 69.7 Å². The van der Waals surface area contributed by atoms with Gasteiger partial charge in [-0.15, -0.1) is 0 Å². The van der Waals surface area contributed by atoms with Gasteiger partial charge in [-0.2, -0.15) is 0 Å². The number of hydrogen-bond acceptors (Lipinski definition) is 6. The summed E-state index contributed by atoms with van der Waals surface area (Å²) in [6.45, 7) is 9.63. The highest BCUT2D eigenvalue weighted by Gasteiger charge is 2.39. The van der Waals surface area contributed by atoms with Crippen molar-refractivity contribution in [1.29, 1.82) is 0 Å². The number of carbonyl (C=O) groups is 4. The fourth-order valence-corrected chi connectivity index (χ4v) is 5.10. The molecule has 3 rings (SSSR count). The first-order valence-electron chi connectivity index (χ1n) is 14.3. The Bertz CT molecular complexity index is 1010. The zero-order valence-electron chi connectivity index (χ0n) is 24.1. The summed E-state index contributed by atoms with van der Waals surface area (Å²) < 4.78 is 5.85. The first-order chi connectivity index (χ1) is 19.0. The molecule has 1 aromatic carbocycles. The number of nitrogens with one attached hydrogen (secondary N) is 1. The lowest BCUT2D eigenvalue weighted by Crippen LogP contribution is -2.60. The number of Topliss-reactive ketones (excluding diaryl/α,β-unsaturated/α-hetero) is 1. The zero-order chi connectivity index (χ0) is 29.3. The third kappa shape index (κ3) is 9.39. The molecule has 222 valence electrons.